The Morgan fingerprint density at radius 2 is 2.21 bits per heavy atom. The smallest absolute Gasteiger partial charge is 0.129 e. The van der Waals surface area contributed by atoms with Crippen molar-refractivity contribution in [2.24, 2.45) is 0 Å². The van der Waals surface area contributed by atoms with E-state index in [4.69, 9.17) is 17.5 Å². The molecule has 0 spiro atoms. The SMILES string of the molecule is CSC(=S)SC(C)(C#N)CCC(C)=O. The summed E-state index contributed by atoms with van der Waals surface area (Å²) in [4.78, 5) is 10.8. The highest BCUT2D eigenvalue weighted by Crippen LogP contribution is 2.33. The molecule has 0 aliphatic carbocycles. The first-order valence-corrected chi connectivity index (χ1v) is 6.56. The van der Waals surface area contributed by atoms with Gasteiger partial charge in [-0.05, 0) is 26.5 Å². The Kier molecular flexibility index (Phi) is 6.41. The number of thiocarbonyl (C=S) groups is 1. The maximum absolute atomic E-state index is 10.8. The van der Waals surface area contributed by atoms with Crippen LogP contribution in [0.15, 0.2) is 0 Å². The van der Waals surface area contributed by atoms with Crippen LogP contribution in [-0.4, -0.2) is 20.3 Å². The van der Waals surface area contributed by atoms with Crippen molar-refractivity contribution < 1.29 is 4.79 Å². The van der Waals surface area contributed by atoms with Gasteiger partial charge in [0.05, 0.1) is 6.07 Å². The van der Waals surface area contributed by atoms with E-state index in [1.165, 1.54) is 30.4 Å². The van der Waals surface area contributed by atoms with Crippen molar-refractivity contribution in [2.75, 3.05) is 6.26 Å². The molecule has 78 valence electrons. The summed E-state index contributed by atoms with van der Waals surface area (Å²) in [7, 11) is 0. The highest BCUT2D eigenvalue weighted by molar-refractivity contribution is 8.47. The third kappa shape index (κ3) is 5.63. The first-order chi connectivity index (χ1) is 6.43. The molecule has 0 aliphatic heterocycles. The summed E-state index contributed by atoms with van der Waals surface area (Å²) in [6.07, 6.45) is 2.89. The minimum Gasteiger partial charge on any atom is -0.300 e. The standard InChI is InChI=1S/C9H13NOS3/c1-7(11)4-5-9(2,6-10)14-8(12)13-3/h4-5H2,1-3H3. The van der Waals surface area contributed by atoms with Gasteiger partial charge in [0.2, 0.25) is 0 Å². The van der Waals surface area contributed by atoms with E-state index in [-0.39, 0.29) is 5.78 Å². The van der Waals surface area contributed by atoms with Gasteiger partial charge in [-0.3, -0.25) is 0 Å². The molecule has 0 aromatic carbocycles. The van der Waals surface area contributed by atoms with E-state index in [0.717, 1.165) is 3.53 Å². The van der Waals surface area contributed by atoms with Crippen LogP contribution in [0.1, 0.15) is 26.7 Å². The molecule has 14 heavy (non-hydrogen) atoms. The fraction of sp³-hybridized carbons (Fsp3) is 0.667. The maximum Gasteiger partial charge on any atom is 0.129 e. The Hall–Kier alpha value is -0.0500. The van der Waals surface area contributed by atoms with Crippen molar-refractivity contribution in [2.45, 2.75) is 31.4 Å². The van der Waals surface area contributed by atoms with Gasteiger partial charge in [0.15, 0.2) is 0 Å². The zero-order valence-corrected chi connectivity index (χ0v) is 10.9. The Labute approximate surface area is 98.8 Å². The fourth-order valence-electron chi connectivity index (χ4n) is 0.770. The number of carbonyl (C=O) groups excluding carboxylic acids is 1. The average Bonchev–Trinajstić information content (AvgIpc) is 2.14. The summed E-state index contributed by atoms with van der Waals surface area (Å²) >= 11 is 7.87. The lowest BCUT2D eigenvalue weighted by Gasteiger charge is -2.19. The molecule has 0 N–H and O–H groups in total. The van der Waals surface area contributed by atoms with Gasteiger partial charge in [0.25, 0.3) is 0 Å². The predicted molar refractivity (Wildman–Crippen MR) is 67.6 cm³/mol. The minimum atomic E-state index is -0.564. The summed E-state index contributed by atoms with van der Waals surface area (Å²) in [6, 6.07) is 2.21. The lowest BCUT2D eigenvalue weighted by molar-refractivity contribution is -0.117. The zero-order chi connectivity index (χ0) is 11.2. The molecule has 0 rings (SSSR count). The molecule has 0 aliphatic rings. The summed E-state index contributed by atoms with van der Waals surface area (Å²) in [5, 5.41) is 8.99. The molecule has 0 amide bonds. The van der Waals surface area contributed by atoms with E-state index in [0.29, 0.717) is 12.8 Å². The van der Waals surface area contributed by atoms with Gasteiger partial charge >= 0.3 is 0 Å². The monoisotopic (exact) mass is 247 g/mol. The van der Waals surface area contributed by atoms with Crippen molar-refractivity contribution in [1.82, 2.24) is 0 Å². The van der Waals surface area contributed by atoms with E-state index in [1.807, 2.05) is 13.2 Å². The third-order valence-electron chi connectivity index (χ3n) is 1.67. The van der Waals surface area contributed by atoms with E-state index >= 15 is 0 Å². The average molecular weight is 247 g/mol. The summed E-state index contributed by atoms with van der Waals surface area (Å²) < 4.78 is 0.184. The van der Waals surface area contributed by atoms with Crippen LogP contribution in [0.3, 0.4) is 0 Å². The molecule has 1 unspecified atom stereocenters. The number of nitriles is 1. The Morgan fingerprint density at radius 3 is 2.57 bits per heavy atom. The first-order valence-electron chi connectivity index (χ1n) is 4.11. The molecular formula is C9H13NOS3. The van der Waals surface area contributed by atoms with Crippen molar-refractivity contribution in [1.29, 1.82) is 5.26 Å². The molecular weight excluding hydrogens is 234 g/mol. The summed E-state index contributed by atoms with van der Waals surface area (Å²) in [6.45, 7) is 3.36. The fourth-order valence-corrected chi connectivity index (χ4v) is 2.82. The molecule has 0 fully saturated rings. The van der Waals surface area contributed by atoms with Crippen molar-refractivity contribution in [3.63, 3.8) is 0 Å². The van der Waals surface area contributed by atoms with Crippen LogP contribution in [-0.2, 0) is 4.79 Å². The lowest BCUT2D eigenvalue weighted by atomic mass is 10.1. The molecule has 2 nitrogen and oxygen atoms in total. The summed E-state index contributed by atoms with van der Waals surface area (Å²) in [5.74, 6) is 0.113. The third-order valence-corrected chi connectivity index (χ3v) is 4.41. The molecule has 0 aromatic heterocycles. The maximum atomic E-state index is 10.8. The topological polar surface area (TPSA) is 40.9 Å². The second-order valence-corrected chi connectivity index (χ2v) is 6.61. The van der Waals surface area contributed by atoms with Gasteiger partial charge in [0.1, 0.15) is 14.1 Å². The molecule has 0 radical (unpaired) electrons. The number of hydrogen-bond donors (Lipinski definition) is 0. The molecule has 0 saturated carbocycles. The Balaban J connectivity index is 4.27. The van der Waals surface area contributed by atoms with E-state index in [1.54, 1.807) is 0 Å². The van der Waals surface area contributed by atoms with E-state index in [9.17, 15) is 4.79 Å². The van der Waals surface area contributed by atoms with Crippen LogP contribution in [0.2, 0.25) is 0 Å². The van der Waals surface area contributed by atoms with Crippen LogP contribution in [0.5, 0.6) is 0 Å². The van der Waals surface area contributed by atoms with Crippen LogP contribution >= 0.6 is 35.7 Å². The van der Waals surface area contributed by atoms with Crippen molar-refractivity contribution in [3.05, 3.63) is 0 Å². The quantitative estimate of drug-likeness (QED) is 0.714. The van der Waals surface area contributed by atoms with Gasteiger partial charge < -0.3 is 4.79 Å². The predicted octanol–water partition coefficient (Wildman–Crippen LogP) is 3.02. The highest BCUT2D eigenvalue weighted by atomic mass is 32.2. The molecule has 1 atom stereocenters. The number of Topliss-reactive ketones (excluding diaryl/α,β-unsaturated/α-hetero) is 1. The van der Waals surface area contributed by atoms with Gasteiger partial charge in [0, 0.05) is 6.42 Å². The van der Waals surface area contributed by atoms with E-state index < -0.39 is 4.75 Å². The van der Waals surface area contributed by atoms with Crippen molar-refractivity contribution >= 4 is 45.1 Å². The molecule has 0 heterocycles. The number of ketones is 1. The van der Waals surface area contributed by atoms with Gasteiger partial charge in [-0.25, -0.2) is 0 Å². The van der Waals surface area contributed by atoms with Crippen LogP contribution < -0.4 is 0 Å². The largest absolute Gasteiger partial charge is 0.300 e. The second-order valence-electron chi connectivity index (χ2n) is 3.10. The number of hydrogen-bond acceptors (Lipinski definition) is 5. The molecule has 0 bridgehead atoms. The van der Waals surface area contributed by atoms with Crippen LogP contribution in [0.4, 0.5) is 0 Å². The number of rotatable bonds is 4. The van der Waals surface area contributed by atoms with Gasteiger partial charge in [-0.1, -0.05) is 24.0 Å². The van der Waals surface area contributed by atoms with Crippen LogP contribution in [0, 0.1) is 11.3 Å². The molecule has 0 aromatic rings. The lowest BCUT2D eigenvalue weighted by Crippen LogP contribution is -2.19. The number of nitrogens with zero attached hydrogens (tertiary/aromatic N) is 1. The second kappa shape index (κ2) is 6.44. The summed E-state index contributed by atoms with van der Waals surface area (Å²) in [5.41, 5.74) is 0. The van der Waals surface area contributed by atoms with Gasteiger partial charge in [-0.15, -0.1) is 11.8 Å². The number of carbonyl (C=O) groups is 1. The van der Waals surface area contributed by atoms with E-state index in [2.05, 4.69) is 6.07 Å². The molecule has 5 heteroatoms. The van der Waals surface area contributed by atoms with Gasteiger partial charge in [-0.2, -0.15) is 5.26 Å². The normalized spacial score (nSPS) is 14.1. The number of thioether (sulfide) groups is 2. The minimum absolute atomic E-state index is 0.113. The Morgan fingerprint density at radius 1 is 1.64 bits per heavy atom. The highest BCUT2D eigenvalue weighted by Gasteiger charge is 2.26. The Bertz CT molecular complexity index is 272. The molecule has 0 saturated heterocycles. The first kappa shape index (κ1) is 13.9. The zero-order valence-electron chi connectivity index (χ0n) is 8.49. The van der Waals surface area contributed by atoms with Crippen molar-refractivity contribution in [3.8, 4) is 6.07 Å². The van der Waals surface area contributed by atoms with Crippen LogP contribution in [0.25, 0.3) is 0 Å².